The van der Waals surface area contributed by atoms with Crippen molar-refractivity contribution in [2.24, 2.45) is 7.05 Å². The highest BCUT2D eigenvalue weighted by Gasteiger charge is 2.16. The minimum atomic E-state index is 0.561. The van der Waals surface area contributed by atoms with E-state index >= 15 is 0 Å². The number of fused-ring (bicyclic) bond motifs is 1. The van der Waals surface area contributed by atoms with Crippen LogP contribution < -0.4 is 0 Å². The summed E-state index contributed by atoms with van der Waals surface area (Å²) in [5, 5.41) is 19.1. The standard InChI is InChI=1S/C28H27N9/c1-5-25-31-26-17(2)12-18(3)30-28(26)37(25)15-19-6-8-20(9-7-19)24-13-21(22-14-29-36(4)16-22)10-11-23(24)27-32-34-35-33-27/h6-14,16H,5,15H2,1-4H3,(H,32,33,34,35). The van der Waals surface area contributed by atoms with E-state index in [0.29, 0.717) is 12.4 Å². The monoisotopic (exact) mass is 489 g/mol. The van der Waals surface area contributed by atoms with Crippen molar-refractivity contribution >= 4 is 11.2 Å². The van der Waals surface area contributed by atoms with Crippen LogP contribution in [0.25, 0.3) is 44.8 Å². The van der Waals surface area contributed by atoms with Crippen LogP contribution >= 0.6 is 0 Å². The molecular weight excluding hydrogens is 462 g/mol. The molecule has 0 saturated carbocycles. The predicted molar refractivity (Wildman–Crippen MR) is 143 cm³/mol. The minimum absolute atomic E-state index is 0.561. The highest BCUT2D eigenvalue weighted by Crippen LogP contribution is 2.34. The van der Waals surface area contributed by atoms with Crippen molar-refractivity contribution in [3.05, 3.63) is 83.6 Å². The van der Waals surface area contributed by atoms with Gasteiger partial charge in [0, 0.05) is 36.5 Å². The second kappa shape index (κ2) is 9.09. The summed E-state index contributed by atoms with van der Waals surface area (Å²) in [6.45, 7) is 6.98. The van der Waals surface area contributed by atoms with Gasteiger partial charge in [-0.15, -0.1) is 10.2 Å². The van der Waals surface area contributed by atoms with Crippen molar-refractivity contribution in [1.82, 2.24) is 44.9 Å². The molecule has 9 nitrogen and oxygen atoms in total. The molecule has 9 heteroatoms. The number of benzene rings is 2. The van der Waals surface area contributed by atoms with Crippen LogP contribution in [0.5, 0.6) is 0 Å². The molecule has 0 bridgehead atoms. The lowest BCUT2D eigenvalue weighted by Crippen LogP contribution is -2.05. The maximum absolute atomic E-state index is 4.88. The van der Waals surface area contributed by atoms with Crippen LogP contribution in [-0.2, 0) is 20.0 Å². The summed E-state index contributed by atoms with van der Waals surface area (Å²) in [5.74, 6) is 1.61. The molecule has 4 aromatic heterocycles. The second-order valence-electron chi connectivity index (χ2n) is 9.32. The van der Waals surface area contributed by atoms with E-state index in [9.17, 15) is 0 Å². The van der Waals surface area contributed by atoms with Crippen LogP contribution in [0.15, 0.2) is 60.9 Å². The molecule has 184 valence electrons. The van der Waals surface area contributed by atoms with E-state index < -0.39 is 0 Å². The second-order valence-corrected chi connectivity index (χ2v) is 9.32. The molecule has 0 amide bonds. The van der Waals surface area contributed by atoms with Gasteiger partial charge in [0.15, 0.2) is 5.65 Å². The number of pyridine rings is 1. The smallest absolute Gasteiger partial charge is 0.205 e. The Labute approximate surface area is 214 Å². The van der Waals surface area contributed by atoms with E-state index in [-0.39, 0.29) is 0 Å². The van der Waals surface area contributed by atoms with Crippen molar-refractivity contribution in [1.29, 1.82) is 0 Å². The zero-order valence-electron chi connectivity index (χ0n) is 21.3. The highest BCUT2D eigenvalue weighted by molar-refractivity contribution is 5.84. The van der Waals surface area contributed by atoms with Gasteiger partial charge in [0.05, 0.1) is 12.7 Å². The fourth-order valence-corrected chi connectivity index (χ4v) is 4.86. The average molecular weight is 490 g/mol. The van der Waals surface area contributed by atoms with Crippen LogP contribution in [0.4, 0.5) is 0 Å². The van der Waals surface area contributed by atoms with Crippen molar-refractivity contribution < 1.29 is 0 Å². The summed E-state index contributed by atoms with van der Waals surface area (Å²) >= 11 is 0. The molecule has 37 heavy (non-hydrogen) atoms. The Morgan fingerprint density at radius 1 is 0.892 bits per heavy atom. The normalized spacial score (nSPS) is 11.5. The number of hydrogen-bond acceptors (Lipinski definition) is 6. The molecule has 0 aliphatic heterocycles. The first kappa shape index (κ1) is 22.8. The molecule has 4 heterocycles. The molecule has 0 aliphatic rings. The Bertz CT molecular complexity index is 1710. The number of imidazole rings is 1. The van der Waals surface area contributed by atoms with Gasteiger partial charge in [-0.05, 0) is 65.1 Å². The van der Waals surface area contributed by atoms with Gasteiger partial charge in [-0.1, -0.05) is 37.3 Å². The maximum atomic E-state index is 4.88. The summed E-state index contributed by atoms with van der Waals surface area (Å²) in [7, 11) is 1.92. The Kier molecular flexibility index (Phi) is 5.60. The van der Waals surface area contributed by atoms with E-state index in [1.165, 1.54) is 5.56 Å². The highest BCUT2D eigenvalue weighted by atomic mass is 15.5. The van der Waals surface area contributed by atoms with Gasteiger partial charge in [-0.25, -0.2) is 9.97 Å². The van der Waals surface area contributed by atoms with Crippen LogP contribution in [0.3, 0.4) is 0 Å². The van der Waals surface area contributed by atoms with Gasteiger partial charge >= 0.3 is 0 Å². The number of hydrogen-bond donors (Lipinski definition) is 1. The van der Waals surface area contributed by atoms with Gasteiger partial charge in [-0.2, -0.15) is 10.3 Å². The van der Waals surface area contributed by atoms with Crippen LogP contribution in [0.1, 0.15) is 29.6 Å². The number of rotatable bonds is 6. The first-order valence-corrected chi connectivity index (χ1v) is 12.3. The molecule has 0 saturated heterocycles. The number of aromatic amines is 1. The molecule has 0 radical (unpaired) electrons. The largest absolute Gasteiger partial charge is 0.308 e. The molecule has 6 rings (SSSR count). The molecule has 2 aromatic carbocycles. The Morgan fingerprint density at radius 2 is 1.70 bits per heavy atom. The van der Waals surface area contributed by atoms with E-state index in [2.05, 4.69) is 86.6 Å². The number of aryl methyl sites for hydroxylation is 4. The van der Waals surface area contributed by atoms with Crippen molar-refractivity contribution in [2.45, 2.75) is 33.7 Å². The fourth-order valence-electron chi connectivity index (χ4n) is 4.86. The summed E-state index contributed by atoms with van der Waals surface area (Å²) in [6.07, 6.45) is 4.73. The topological polar surface area (TPSA) is 103 Å². The van der Waals surface area contributed by atoms with Crippen molar-refractivity contribution in [3.63, 3.8) is 0 Å². The summed E-state index contributed by atoms with van der Waals surface area (Å²) in [5.41, 5.74) is 10.4. The predicted octanol–water partition coefficient (Wildman–Crippen LogP) is 4.91. The van der Waals surface area contributed by atoms with Gasteiger partial charge in [0.25, 0.3) is 0 Å². The van der Waals surface area contributed by atoms with Crippen molar-refractivity contribution in [3.8, 4) is 33.6 Å². The number of nitrogens with zero attached hydrogens (tertiary/aromatic N) is 8. The lowest BCUT2D eigenvalue weighted by atomic mass is 9.94. The van der Waals surface area contributed by atoms with Crippen LogP contribution in [0.2, 0.25) is 0 Å². The van der Waals surface area contributed by atoms with Gasteiger partial charge in [0.1, 0.15) is 11.3 Å². The van der Waals surface area contributed by atoms with Crippen molar-refractivity contribution in [2.75, 3.05) is 0 Å². The Balaban J connectivity index is 1.39. The summed E-state index contributed by atoms with van der Waals surface area (Å²) < 4.78 is 4.04. The first-order valence-electron chi connectivity index (χ1n) is 12.3. The van der Waals surface area contributed by atoms with E-state index in [4.69, 9.17) is 9.97 Å². The zero-order chi connectivity index (χ0) is 25.5. The molecular formula is C28H27N9. The molecule has 1 N–H and O–H groups in total. The molecule has 6 aromatic rings. The Morgan fingerprint density at radius 3 is 2.41 bits per heavy atom. The Hall–Kier alpha value is -4.66. The fraction of sp³-hybridized carbons (Fsp3) is 0.214. The lowest BCUT2D eigenvalue weighted by molar-refractivity contribution is 0.745. The number of nitrogens with one attached hydrogen (secondary N) is 1. The third-order valence-corrected chi connectivity index (χ3v) is 6.67. The van der Waals surface area contributed by atoms with Gasteiger partial charge in [-0.3, -0.25) is 4.68 Å². The molecule has 0 spiro atoms. The quantitative estimate of drug-likeness (QED) is 0.357. The number of H-pyrrole nitrogens is 1. The third kappa shape index (κ3) is 4.18. The molecule has 0 fully saturated rings. The van der Waals surface area contributed by atoms with Gasteiger partial charge < -0.3 is 4.57 Å². The maximum Gasteiger partial charge on any atom is 0.205 e. The minimum Gasteiger partial charge on any atom is -0.308 e. The van der Waals surface area contributed by atoms with Gasteiger partial charge in [0.2, 0.25) is 5.82 Å². The number of aromatic nitrogens is 9. The SMILES string of the molecule is CCc1nc2c(C)cc(C)nc2n1Cc1ccc(-c2cc(-c3cnn(C)c3)ccc2-c2nn[nH]n2)cc1. The lowest BCUT2D eigenvalue weighted by Gasteiger charge is -2.12. The molecule has 0 aliphatic carbocycles. The number of tetrazole rings is 1. The zero-order valence-corrected chi connectivity index (χ0v) is 21.3. The molecule has 0 unspecified atom stereocenters. The van der Waals surface area contributed by atoms with E-state index in [1.54, 1.807) is 4.68 Å². The van der Waals surface area contributed by atoms with E-state index in [1.807, 2.05) is 32.4 Å². The third-order valence-electron chi connectivity index (χ3n) is 6.67. The van der Waals surface area contributed by atoms with Crippen LogP contribution in [-0.4, -0.2) is 44.9 Å². The van der Waals surface area contributed by atoms with E-state index in [0.717, 1.165) is 62.5 Å². The summed E-state index contributed by atoms with van der Waals surface area (Å²) in [4.78, 5) is 9.70. The van der Waals surface area contributed by atoms with Crippen LogP contribution in [0, 0.1) is 13.8 Å². The summed E-state index contributed by atoms with van der Waals surface area (Å²) in [6, 6.07) is 17.0. The average Bonchev–Trinajstić information content (AvgIpc) is 3.65. The molecule has 0 atom stereocenters. The first-order chi connectivity index (χ1) is 18.0.